The molecule has 0 spiro atoms. The first kappa shape index (κ1) is 24.6. The average Bonchev–Trinajstić information content (AvgIpc) is 3.15. The lowest BCUT2D eigenvalue weighted by molar-refractivity contribution is 0.426. The SMILES string of the molecule is C=C/C=C(\C=C)c1ccc(N(c2ccc(B(O)O)cc2)c2ccc3c(c2)C(C)(C)c2ccccc2-3)cc1. The second-order valence-electron chi connectivity index (χ2n) is 9.81. The minimum absolute atomic E-state index is 0.114. The van der Waals surface area contributed by atoms with E-state index in [1.165, 1.54) is 22.3 Å². The molecule has 1 aliphatic rings. The smallest absolute Gasteiger partial charge is 0.423 e. The van der Waals surface area contributed by atoms with E-state index >= 15 is 0 Å². The minimum Gasteiger partial charge on any atom is -0.423 e. The van der Waals surface area contributed by atoms with Crippen LogP contribution in [0.2, 0.25) is 0 Å². The molecule has 4 aromatic carbocycles. The van der Waals surface area contributed by atoms with Gasteiger partial charge in [0.1, 0.15) is 0 Å². The van der Waals surface area contributed by atoms with Crippen molar-refractivity contribution >= 4 is 35.2 Å². The molecule has 0 bridgehead atoms. The molecule has 2 N–H and O–H groups in total. The van der Waals surface area contributed by atoms with Crippen molar-refractivity contribution < 1.29 is 10.0 Å². The standard InChI is InChI=1S/C33H30BNO2/c1-5-9-23(6-2)24-12-16-26(17-13-24)35(27-18-14-25(15-19-27)34(36)37)28-20-21-30-29-10-7-8-11-31(29)33(3,4)32(30)22-28/h5-22,36-37H,1-2H2,3-4H3/b23-9+. The molecule has 0 fully saturated rings. The summed E-state index contributed by atoms with van der Waals surface area (Å²) in [5.41, 5.74) is 10.5. The highest BCUT2D eigenvalue weighted by atomic mass is 16.4. The van der Waals surface area contributed by atoms with E-state index in [2.05, 4.69) is 98.6 Å². The van der Waals surface area contributed by atoms with Gasteiger partial charge in [0.15, 0.2) is 0 Å². The topological polar surface area (TPSA) is 43.7 Å². The van der Waals surface area contributed by atoms with E-state index in [-0.39, 0.29) is 5.41 Å². The van der Waals surface area contributed by atoms with Gasteiger partial charge in [0, 0.05) is 22.5 Å². The van der Waals surface area contributed by atoms with E-state index in [1.807, 2.05) is 24.3 Å². The second-order valence-corrected chi connectivity index (χ2v) is 9.81. The molecule has 4 heteroatoms. The molecule has 0 aliphatic heterocycles. The molecule has 0 heterocycles. The Balaban J connectivity index is 1.64. The first-order chi connectivity index (χ1) is 17.8. The van der Waals surface area contributed by atoms with Crippen molar-refractivity contribution in [2.75, 3.05) is 4.90 Å². The van der Waals surface area contributed by atoms with Gasteiger partial charge in [-0.1, -0.05) is 99.8 Å². The summed E-state index contributed by atoms with van der Waals surface area (Å²) in [4.78, 5) is 2.20. The Hall–Kier alpha value is -4.12. The Morgan fingerprint density at radius 3 is 1.97 bits per heavy atom. The highest BCUT2D eigenvalue weighted by Gasteiger charge is 2.35. The Labute approximate surface area is 219 Å². The second kappa shape index (κ2) is 9.74. The van der Waals surface area contributed by atoms with Gasteiger partial charge in [0.25, 0.3) is 0 Å². The molecular weight excluding hydrogens is 453 g/mol. The molecule has 37 heavy (non-hydrogen) atoms. The van der Waals surface area contributed by atoms with Crippen molar-refractivity contribution in [1.29, 1.82) is 0 Å². The molecular formula is C33H30BNO2. The van der Waals surface area contributed by atoms with Crippen LogP contribution in [0.3, 0.4) is 0 Å². The van der Waals surface area contributed by atoms with E-state index in [0.717, 1.165) is 28.2 Å². The number of allylic oxidation sites excluding steroid dienone is 4. The molecule has 3 nitrogen and oxygen atoms in total. The number of fused-ring (bicyclic) bond motifs is 3. The van der Waals surface area contributed by atoms with Gasteiger partial charge in [-0.15, -0.1) is 0 Å². The summed E-state index contributed by atoms with van der Waals surface area (Å²) in [5.74, 6) is 0. The van der Waals surface area contributed by atoms with E-state index in [9.17, 15) is 10.0 Å². The first-order valence-corrected chi connectivity index (χ1v) is 12.4. The molecule has 0 saturated carbocycles. The number of nitrogens with zero attached hydrogens (tertiary/aromatic N) is 1. The van der Waals surface area contributed by atoms with Gasteiger partial charge in [0.2, 0.25) is 0 Å². The van der Waals surface area contributed by atoms with Crippen LogP contribution in [0.25, 0.3) is 16.7 Å². The molecule has 0 saturated heterocycles. The summed E-state index contributed by atoms with van der Waals surface area (Å²) in [6.07, 6.45) is 5.53. The van der Waals surface area contributed by atoms with Crippen LogP contribution in [0.4, 0.5) is 17.1 Å². The first-order valence-electron chi connectivity index (χ1n) is 12.4. The normalized spacial score (nSPS) is 13.5. The molecule has 0 unspecified atom stereocenters. The van der Waals surface area contributed by atoms with E-state index in [0.29, 0.717) is 5.46 Å². The molecule has 182 valence electrons. The lowest BCUT2D eigenvalue weighted by atomic mass is 9.80. The predicted octanol–water partition coefficient (Wildman–Crippen LogP) is 6.90. The fourth-order valence-corrected chi connectivity index (χ4v) is 5.29. The Morgan fingerprint density at radius 1 is 0.757 bits per heavy atom. The largest absolute Gasteiger partial charge is 0.488 e. The van der Waals surface area contributed by atoms with Crippen molar-refractivity contribution in [2.45, 2.75) is 19.3 Å². The summed E-state index contributed by atoms with van der Waals surface area (Å²) in [6.45, 7) is 12.3. The third kappa shape index (κ3) is 4.35. The minimum atomic E-state index is -1.50. The summed E-state index contributed by atoms with van der Waals surface area (Å²) < 4.78 is 0. The van der Waals surface area contributed by atoms with Gasteiger partial charge in [-0.05, 0) is 75.3 Å². The number of hydrogen-bond donors (Lipinski definition) is 2. The van der Waals surface area contributed by atoms with Crippen LogP contribution in [0.15, 0.2) is 122 Å². The summed E-state index contributed by atoms with van der Waals surface area (Å²) in [6, 6.07) is 31.0. The lowest BCUT2D eigenvalue weighted by Crippen LogP contribution is -2.29. The Bertz CT molecular complexity index is 1500. The highest BCUT2D eigenvalue weighted by Crippen LogP contribution is 2.50. The van der Waals surface area contributed by atoms with E-state index < -0.39 is 7.12 Å². The number of anilines is 3. The number of rotatable bonds is 7. The number of benzene rings is 4. The molecule has 0 aromatic heterocycles. The van der Waals surface area contributed by atoms with Crippen LogP contribution >= 0.6 is 0 Å². The monoisotopic (exact) mass is 483 g/mol. The van der Waals surface area contributed by atoms with Gasteiger partial charge < -0.3 is 14.9 Å². The van der Waals surface area contributed by atoms with Crippen LogP contribution in [-0.2, 0) is 5.41 Å². The quantitative estimate of drug-likeness (QED) is 0.222. The summed E-state index contributed by atoms with van der Waals surface area (Å²) >= 11 is 0. The summed E-state index contributed by atoms with van der Waals surface area (Å²) in [7, 11) is -1.50. The molecule has 0 amide bonds. The highest BCUT2D eigenvalue weighted by molar-refractivity contribution is 6.58. The zero-order chi connectivity index (χ0) is 26.2. The zero-order valence-corrected chi connectivity index (χ0v) is 21.2. The van der Waals surface area contributed by atoms with Crippen LogP contribution < -0.4 is 10.4 Å². The van der Waals surface area contributed by atoms with Gasteiger partial charge in [-0.3, -0.25) is 0 Å². The summed E-state index contributed by atoms with van der Waals surface area (Å²) in [5, 5.41) is 19.2. The van der Waals surface area contributed by atoms with Crippen molar-refractivity contribution in [2.24, 2.45) is 0 Å². The Kier molecular flexibility index (Phi) is 6.47. The van der Waals surface area contributed by atoms with Gasteiger partial charge in [-0.25, -0.2) is 0 Å². The fraction of sp³-hybridized carbons (Fsp3) is 0.0909. The molecule has 5 rings (SSSR count). The van der Waals surface area contributed by atoms with Crippen molar-refractivity contribution in [3.8, 4) is 11.1 Å². The van der Waals surface area contributed by atoms with Crippen molar-refractivity contribution in [1.82, 2.24) is 0 Å². The predicted molar refractivity (Wildman–Crippen MR) is 157 cm³/mol. The third-order valence-corrected chi connectivity index (χ3v) is 7.25. The van der Waals surface area contributed by atoms with Crippen LogP contribution in [0, 0.1) is 0 Å². The fourth-order valence-electron chi connectivity index (χ4n) is 5.29. The van der Waals surface area contributed by atoms with Crippen LogP contribution in [-0.4, -0.2) is 17.2 Å². The average molecular weight is 483 g/mol. The maximum absolute atomic E-state index is 9.61. The van der Waals surface area contributed by atoms with Gasteiger partial charge in [0.05, 0.1) is 0 Å². The van der Waals surface area contributed by atoms with Crippen molar-refractivity contribution in [3.63, 3.8) is 0 Å². The molecule has 4 aromatic rings. The number of hydrogen-bond acceptors (Lipinski definition) is 3. The van der Waals surface area contributed by atoms with E-state index in [4.69, 9.17) is 0 Å². The van der Waals surface area contributed by atoms with Gasteiger partial charge >= 0.3 is 7.12 Å². The van der Waals surface area contributed by atoms with Gasteiger partial charge in [-0.2, -0.15) is 0 Å². The van der Waals surface area contributed by atoms with E-state index in [1.54, 1.807) is 18.2 Å². The third-order valence-electron chi connectivity index (χ3n) is 7.25. The maximum Gasteiger partial charge on any atom is 0.488 e. The molecule has 1 aliphatic carbocycles. The Morgan fingerprint density at radius 2 is 1.35 bits per heavy atom. The molecule has 0 atom stereocenters. The van der Waals surface area contributed by atoms with Crippen LogP contribution in [0.5, 0.6) is 0 Å². The molecule has 0 radical (unpaired) electrons. The maximum atomic E-state index is 9.61. The zero-order valence-electron chi connectivity index (χ0n) is 21.2. The lowest BCUT2D eigenvalue weighted by Gasteiger charge is -2.28. The van der Waals surface area contributed by atoms with Crippen molar-refractivity contribution in [3.05, 3.63) is 139 Å². The van der Waals surface area contributed by atoms with Crippen LogP contribution in [0.1, 0.15) is 30.5 Å².